The van der Waals surface area contributed by atoms with E-state index in [0.717, 1.165) is 11.5 Å². The lowest BCUT2D eigenvalue weighted by Crippen LogP contribution is -2.19. The quantitative estimate of drug-likeness (QED) is 0.418. The molecule has 8 heavy (non-hydrogen) atoms. The van der Waals surface area contributed by atoms with Gasteiger partial charge in [0, 0.05) is 0 Å². The van der Waals surface area contributed by atoms with Gasteiger partial charge in [-0.05, 0) is 18.4 Å². The second-order valence-corrected chi connectivity index (χ2v) is 2.68. The molecule has 0 spiro atoms. The molecule has 0 saturated heterocycles. The normalized spacial score (nSPS) is 21.5. The van der Waals surface area contributed by atoms with Gasteiger partial charge < -0.3 is 0 Å². The summed E-state index contributed by atoms with van der Waals surface area (Å²) in [5, 5.41) is 1.13. The Morgan fingerprint density at radius 1 is 2.00 bits per heavy atom. The van der Waals surface area contributed by atoms with Crippen LogP contribution in [0.15, 0.2) is 4.99 Å². The maximum Gasteiger partial charge on any atom is 0.116 e. The van der Waals surface area contributed by atoms with Gasteiger partial charge in [0.15, 0.2) is 0 Å². The van der Waals surface area contributed by atoms with Crippen LogP contribution in [0.1, 0.15) is 13.3 Å². The number of aliphatic imine (C=N–C) groups is 1. The third-order valence-electron chi connectivity index (χ3n) is 0.912. The van der Waals surface area contributed by atoms with Crippen molar-refractivity contribution in [3.63, 3.8) is 0 Å². The van der Waals surface area contributed by atoms with Crippen molar-refractivity contribution in [1.82, 2.24) is 4.41 Å². The average Bonchev–Trinajstić information content (AvgIpc) is 2.14. The van der Waals surface area contributed by atoms with E-state index in [4.69, 9.17) is 5.84 Å². The first kappa shape index (κ1) is 6.07. The molecule has 0 amide bonds. The Labute approximate surface area is 53.1 Å². The highest BCUT2D eigenvalue weighted by Gasteiger charge is 2.09. The summed E-state index contributed by atoms with van der Waals surface area (Å²) in [5.41, 5.74) is 0. The van der Waals surface area contributed by atoms with Gasteiger partial charge in [-0.15, -0.1) is 0 Å². The molecule has 0 fully saturated rings. The van der Waals surface area contributed by atoms with Crippen molar-refractivity contribution in [2.45, 2.75) is 13.3 Å². The smallest absolute Gasteiger partial charge is 0.116 e. The minimum atomic E-state index is 0.647. The Morgan fingerprint density at radius 2 is 2.75 bits per heavy atom. The second kappa shape index (κ2) is 2.48. The minimum absolute atomic E-state index is 0.647. The van der Waals surface area contributed by atoms with Crippen LogP contribution < -0.4 is 5.84 Å². The number of nitrogens with zero attached hydrogens (tertiary/aromatic N) is 2. The lowest BCUT2D eigenvalue weighted by Gasteiger charge is -2.00. The van der Waals surface area contributed by atoms with Crippen molar-refractivity contribution in [2.75, 3.05) is 6.67 Å². The van der Waals surface area contributed by atoms with E-state index in [2.05, 4.69) is 11.9 Å². The lowest BCUT2D eigenvalue weighted by molar-refractivity contribution is 0.530. The minimum Gasteiger partial charge on any atom is -0.264 e. The van der Waals surface area contributed by atoms with E-state index in [9.17, 15) is 0 Å². The fraction of sp³-hybridized carbons (Fsp3) is 0.750. The van der Waals surface area contributed by atoms with Gasteiger partial charge in [0.05, 0.1) is 5.04 Å². The summed E-state index contributed by atoms with van der Waals surface area (Å²) in [6.45, 7) is 2.72. The van der Waals surface area contributed by atoms with Crippen molar-refractivity contribution in [1.29, 1.82) is 0 Å². The highest BCUT2D eigenvalue weighted by atomic mass is 32.2. The van der Waals surface area contributed by atoms with Crippen molar-refractivity contribution < 1.29 is 0 Å². The third kappa shape index (κ3) is 1.21. The van der Waals surface area contributed by atoms with E-state index in [-0.39, 0.29) is 0 Å². The van der Waals surface area contributed by atoms with E-state index in [0.29, 0.717) is 6.67 Å². The van der Waals surface area contributed by atoms with E-state index in [1.54, 1.807) is 4.41 Å². The summed E-state index contributed by atoms with van der Waals surface area (Å²) >= 11 is 1.53. The van der Waals surface area contributed by atoms with Crippen molar-refractivity contribution >= 4 is 17.0 Å². The predicted octanol–water partition coefficient (Wildman–Crippen LogP) is 0.590. The molecule has 1 rings (SSSR count). The van der Waals surface area contributed by atoms with Gasteiger partial charge in [-0.3, -0.25) is 10.8 Å². The summed E-state index contributed by atoms with van der Waals surface area (Å²) in [5.74, 6) is 5.38. The highest BCUT2D eigenvalue weighted by Crippen LogP contribution is 2.16. The first-order valence-electron chi connectivity index (χ1n) is 2.56. The summed E-state index contributed by atoms with van der Waals surface area (Å²) < 4.78 is 1.62. The van der Waals surface area contributed by atoms with Gasteiger partial charge in [0.2, 0.25) is 0 Å². The molecule has 2 N–H and O–H groups in total. The van der Waals surface area contributed by atoms with Gasteiger partial charge in [-0.25, -0.2) is 0 Å². The maximum absolute atomic E-state index is 5.38. The Balaban J connectivity index is 2.37. The summed E-state index contributed by atoms with van der Waals surface area (Å²) in [7, 11) is 0. The highest BCUT2D eigenvalue weighted by molar-refractivity contribution is 8.12. The molecule has 0 aromatic rings. The Bertz CT molecular complexity index is 112. The number of hydrogen-bond donors (Lipinski definition) is 1. The molecule has 0 aliphatic carbocycles. The van der Waals surface area contributed by atoms with E-state index >= 15 is 0 Å². The van der Waals surface area contributed by atoms with Crippen molar-refractivity contribution in [3.8, 4) is 0 Å². The standard InChI is InChI=1S/C4H9N3S/c1-2-4-6-3-7(5)8-4/h2-3,5H2,1H3. The number of hydrazine groups is 1. The fourth-order valence-electron chi connectivity index (χ4n) is 0.518. The fourth-order valence-corrected chi connectivity index (χ4v) is 1.15. The largest absolute Gasteiger partial charge is 0.264 e. The van der Waals surface area contributed by atoms with Crippen LogP contribution in [-0.2, 0) is 0 Å². The molecule has 1 heterocycles. The van der Waals surface area contributed by atoms with Crippen LogP contribution in [0.5, 0.6) is 0 Å². The Kier molecular flexibility index (Phi) is 1.88. The first-order valence-corrected chi connectivity index (χ1v) is 3.34. The first-order chi connectivity index (χ1) is 3.83. The average molecular weight is 131 g/mol. The SMILES string of the molecule is CCC1=NCN(N)S1. The van der Waals surface area contributed by atoms with Crippen LogP contribution in [-0.4, -0.2) is 16.1 Å². The number of rotatable bonds is 1. The summed E-state index contributed by atoms with van der Waals surface area (Å²) in [6, 6.07) is 0. The van der Waals surface area contributed by atoms with E-state index in [1.165, 1.54) is 11.9 Å². The molecule has 0 bridgehead atoms. The Hall–Kier alpha value is -0.0600. The van der Waals surface area contributed by atoms with Crippen LogP contribution in [0.3, 0.4) is 0 Å². The molecule has 0 aromatic heterocycles. The number of hydrogen-bond acceptors (Lipinski definition) is 4. The molecule has 3 nitrogen and oxygen atoms in total. The summed E-state index contributed by atoms with van der Waals surface area (Å²) in [4.78, 5) is 4.12. The van der Waals surface area contributed by atoms with Crippen molar-refractivity contribution in [2.24, 2.45) is 10.8 Å². The van der Waals surface area contributed by atoms with Gasteiger partial charge in [-0.1, -0.05) is 6.92 Å². The molecule has 1 aliphatic rings. The van der Waals surface area contributed by atoms with Crippen LogP contribution in [0.4, 0.5) is 0 Å². The summed E-state index contributed by atoms with van der Waals surface area (Å²) in [6.07, 6.45) is 0.998. The van der Waals surface area contributed by atoms with Gasteiger partial charge >= 0.3 is 0 Å². The zero-order valence-corrected chi connectivity index (χ0v) is 5.61. The van der Waals surface area contributed by atoms with Gasteiger partial charge in [0.25, 0.3) is 0 Å². The monoisotopic (exact) mass is 131 g/mol. The topological polar surface area (TPSA) is 41.6 Å². The zero-order chi connectivity index (χ0) is 5.98. The Morgan fingerprint density at radius 3 is 3.00 bits per heavy atom. The molecule has 0 aromatic carbocycles. The van der Waals surface area contributed by atoms with Crippen molar-refractivity contribution in [3.05, 3.63) is 0 Å². The maximum atomic E-state index is 5.38. The lowest BCUT2D eigenvalue weighted by atomic mass is 10.5. The van der Waals surface area contributed by atoms with Gasteiger partial charge in [-0.2, -0.15) is 4.41 Å². The molecule has 4 heteroatoms. The van der Waals surface area contributed by atoms with Crippen LogP contribution in [0.25, 0.3) is 0 Å². The molecule has 0 radical (unpaired) electrons. The number of nitrogens with two attached hydrogens (primary N) is 1. The molecule has 46 valence electrons. The molecule has 0 atom stereocenters. The molecular formula is C4H9N3S. The molecular weight excluding hydrogens is 122 g/mol. The molecule has 1 aliphatic heterocycles. The molecule has 0 saturated carbocycles. The van der Waals surface area contributed by atoms with Crippen LogP contribution in [0, 0.1) is 0 Å². The van der Waals surface area contributed by atoms with Crippen LogP contribution in [0.2, 0.25) is 0 Å². The zero-order valence-electron chi connectivity index (χ0n) is 4.79. The second-order valence-electron chi connectivity index (χ2n) is 1.56. The van der Waals surface area contributed by atoms with Crippen LogP contribution >= 0.6 is 11.9 Å². The van der Waals surface area contributed by atoms with Gasteiger partial charge in [0.1, 0.15) is 6.67 Å². The van der Waals surface area contributed by atoms with E-state index < -0.39 is 0 Å². The predicted molar refractivity (Wildman–Crippen MR) is 36.2 cm³/mol. The third-order valence-corrected chi connectivity index (χ3v) is 1.89. The van der Waals surface area contributed by atoms with E-state index in [1.807, 2.05) is 0 Å². The molecule has 0 unspecified atom stereocenters.